The Bertz CT molecular complexity index is 254. The minimum absolute atomic E-state index is 1.01. The van der Waals surface area contributed by atoms with Crippen molar-refractivity contribution in [2.24, 2.45) is 0 Å². The van der Waals surface area contributed by atoms with Crippen LogP contribution >= 0.6 is 0 Å². The van der Waals surface area contributed by atoms with Crippen molar-refractivity contribution in [2.45, 2.75) is 0 Å². The highest BCUT2D eigenvalue weighted by atomic mass is 15.2. The van der Waals surface area contributed by atoms with E-state index in [0.717, 1.165) is 38.4 Å². The van der Waals surface area contributed by atoms with Crippen molar-refractivity contribution in [2.75, 3.05) is 32.7 Å². The van der Waals surface area contributed by atoms with Crippen LogP contribution in [0.25, 0.3) is 0 Å². The van der Waals surface area contributed by atoms with Gasteiger partial charge in [0.15, 0.2) is 0 Å². The molecule has 2 rings (SSSR count). The van der Waals surface area contributed by atoms with Gasteiger partial charge in [-0.05, 0) is 12.1 Å². The summed E-state index contributed by atoms with van der Waals surface area (Å²) in [5, 5.41) is 3.34. The van der Waals surface area contributed by atoms with Crippen molar-refractivity contribution in [3.8, 4) is 0 Å². The van der Waals surface area contributed by atoms with Crippen LogP contribution in [0.2, 0.25) is 0 Å². The van der Waals surface area contributed by atoms with Crippen molar-refractivity contribution >= 4 is 0 Å². The molecule has 75 valence electrons. The Labute approximate surface area is 85.1 Å². The zero-order chi connectivity index (χ0) is 9.64. The van der Waals surface area contributed by atoms with Gasteiger partial charge < -0.3 is 10.2 Å². The second-order valence-corrected chi connectivity index (χ2v) is 3.51. The van der Waals surface area contributed by atoms with Gasteiger partial charge in [-0.1, -0.05) is 6.07 Å². The van der Waals surface area contributed by atoms with Crippen LogP contribution in [0.5, 0.6) is 0 Å². The van der Waals surface area contributed by atoms with Crippen molar-refractivity contribution in [1.82, 2.24) is 15.2 Å². The number of piperazine rings is 1. The molecule has 0 spiro atoms. The fourth-order valence-electron chi connectivity index (χ4n) is 1.61. The molecule has 1 radical (unpaired) electrons. The monoisotopic (exact) mass is 190 g/mol. The maximum Gasteiger partial charge on any atom is 0.0454 e. The molecule has 1 aliphatic heterocycles. The smallest absolute Gasteiger partial charge is 0.0454 e. The Balaban J connectivity index is 1.76. The Morgan fingerprint density at radius 3 is 2.93 bits per heavy atom. The molecule has 0 atom stereocenters. The van der Waals surface area contributed by atoms with Gasteiger partial charge in [0.2, 0.25) is 0 Å². The molecule has 0 aliphatic carbocycles. The first-order valence-electron chi connectivity index (χ1n) is 5.12. The number of aromatic nitrogens is 1. The van der Waals surface area contributed by atoms with E-state index >= 15 is 0 Å². The minimum Gasteiger partial charge on any atom is -0.314 e. The van der Waals surface area contributed by atoms with Gasteiger partial charge in [-0.2, -0.15) is 0 Å². The van der Waals surface area contributed by atoms with E-state index in [0.29, 0.717) is 0 Å². The lowest BCUT2D eigenvalue weighted by Crippen LogP contribution is -2.43. The van der Waals surface area contributed by atoms with Crippen LogP contribution in [-0.2, 0) is 0 Å². The number of hydrogen-bond donors (Lipinski definition) is 1. The molecule has 0 aromatic carbocycles. The van der Waals surface area contributed by atoms with E-state index in [4.69, 9.17) is 0 Å². The summed E-state index contributed by atoms with van der Waals surface area (Å²) in [6.07, 6.45) is 4.02. The summed E-state index contributed by atoms with van der Waals surface area (Å²) in [6.45, 7) is 5.51. The maximum absolute atomic E-state index is 4.27. The molecule has 0 amide bonds. The van der Waals surface area contributed by atoms with E-state index in [9.17, 15) is 0 Å². The number of pyridine rings is 1. The number of rotatable bonds is 3. The second kappa shape index (κ2) is 5.08. The highest BCUT2D eigenvalue weighted by molar-refractivity contribution is 5.13. The summed E-state index contributed by atoms with van der Waals surface area (Å²) in [7, 11) is 0. The summed E-state index contributed by atoms with van der Waals surface area (Å²) in [6, 6.07) is 6.01. The standard InChI is InChI=1S/C11H16N3/c1-2-5-13-11(3-1)4-8-14-9-6-12-7-10-14/h1-5,12H,6-10H2. The minimum atomic E-state index is 1.01. The fourth-order valence-corrected chi connectivity index (χ4v) is 1.61. The molecule has 3 nitrogen and oxygen atoms in total. The van der Waals surface area contributed by atoms with Gasteiger partial charge >= 0.3 is 0 Å². The summed E-state index contributed by atoms with van der Waals surface area (Å²) in [5.41, 5.74) is 1.08. The first-order valence-corrected chi connectivity index (χ1v) is 5.12. The van der Waals surface area contributed by atoms with E-state index in [-0.39, 0.29) is 0 Å². The van der Waals surface area contributed by atoms with Crippen LogP contribution in [0.4, 0.5) is 0 Å². The van der Waals surface area contributed by atoms with Gasteiger partial charge in [0.1, 0.15) is 0 Å². The second-order valence-electron chi connectivity index (χ2n) is 3.51. The summed E-state index contributed by atoms with van der Waals surface area (Å²) < 4.78 is 0. The summed E-state index contributed by atoms with van der Waals surface area (Å²) >= 11 is 0. The zero-order valence-electron chi connectivity index (χ0n) is 8.32. The Hall–Kier alpha value is -0.930. The van der Waals surface area contributed by atoms with Crippen LogP contribution in [-0.4, -0.2) is 42.6 Å². The van der Waals surface area contributed by atoms with Gasteiger partial charge in [-0.3, -0.25) is 4.98 Å². The average Bonchev–Trinajstić information content (AvgIpc) is 2.29. The molecule has 1 fully saturated rings. The van der Waals surface area contributed by atoms with Crippen molar-refractivity contribution < 1.29 is 0 Å². The summed E-state index contributed by atoms with van der Waals surface area (Å²) in [4.78, 5) is 6.70. The normalized spacial score (nSPS) is 18.3. The Morgan fingerprint density at radius 2 is 2.21 bits per heavy atom. The van der Waals surface area contributed by atoms with Crippen molar-refractivity contribution in [1.29, 1.82) is 0 Å². The van der Waals surface area contributed by atoms with Crippen LogP contribution in [0.3, 0.4) is 0 Å². The van der Waals surface area contributed by atoms with Gasteiger partial charge in [-0.15, -0.1) is 0 Å². The van der Waals surface area contributed by atoms with E-state index < -0.39 is 0 Å². The maximum atomic E-state index is 4.27. The first kappa shape index (κ1) is 9.62. The largest absolute Gasteiger partial charge is 0.314 e. The molecule has 1 aromatic heterocycles. The van der Waals surface area contributed by atoms with Gasteiger partial charge in [-0.25, -0.2) is 0 Å². The fraction of sp³-hybridized carbons (Fsp3) is 0.455. The zero-order valence-corrected chi connectivity index (χ0v) is 8.32. The average molecular weight is 190 g/mol. The van der Waals surface area contributed by atoms with Crippen molar-refractivity contribution in [3.05, 3.63) is 36.5 Å². The first-order chi connectivity index (χ1) is 6.95. The third kappa shape index (κ3) is 2.79. The Kier molecular flexibility index (Phi) is 3.49. The molecule has 0 saturated carbocycles. The van der Waals surface area contributed by atoms with E-state index in [1.807, 2.05) is 24.4 Å². The van der Waals surface area contributed by atoms with Crippen molar-refractivity contribution in [3.63, 3.8) is 0 Å². The molecule has 1 N–H and O–H groups in total. The van der Waals surface area contributed by atoms with Crippen LogP contribution in [0.1, 0.15) is 5.69 Å². The van der Waals surface area contributed by atoms with Gasteiger partial charge in [0.05, 0.1) is 0 Å². The molecule has 1 saturated heterocycles. The molecule has 1 aromatic rings. The topological polar surface area (TPSA) is 28.2 Å². The molecule has 0 unspecified atom stereocenters. The highest BCUT2D eigenvalue weighted by Crippen LogP contribution is 2.00. The highest BCUT2D eigenvalue weighted by Gasteiger charge is 2.08. The SMILES string of the molecule is [CH](CN1CCNCC1)c1ccccn1. The molecule has 3 heteroatoms. The predicted molar refractivity (Wildman–Crippen MR) is 56.9 cm³/mol. The van der Waals surface area contributed by atoms with Gasteiger partial charge in [0.25, 0.3) is 0 Å². The van der Waals surface area contributed by atoms with E-state index in [1.165, 1.54) is 0 Å². The molecular formula is C11H16N3. The number of hydrogen-bond acceptors (Lipinski definition) is 3. The quantitative estimate of drug-likeness (QED) is 0.754. The van der Waals surface area contributed by atoms with Crippen LogP contribution in [0, 0.1) is 6.42 Å². The Morgan fingerprint density at radius 1 is 1.36 bits per heavy atom. The van der Waals surface area contributed by atoms with Crippen LogP contribution < -0.4 is 5.32 Å². The predicted octanol–water partition coefficient (Wildman–Crippen LogP) is 0.539. The lowest BCUT2D eigenvalue weighted by molar-refractivity contribution is 0.259. The van der Waals surface area contributed by atoms with Crippen LogP contribution in [0.15, 0.2) is 24.4 Å². The van der Waals surface area contributed by atoms with E-state index in [1.54, 1.807) is 0 Å². The molecule has 1 aliphatic rings. The number of nitrogens with one attached hydrogen (secondary N) is 1. The third-order valence-electron chi connectivity index (χ3n) is 2.46. The molecule has 0 bridgehead atoms. The molecular weight excluding hydrogens is 174 g/mol. The lowest BCUT2D eigenvalue weighted by atomic mass is 10.2. The third-order valence-corrected chi connectivity index (χ3v) is 2.46. The van der Waals surface area contributed by atoms with E-state index in [2.05, 4.69) is 21.6 Å². The summed E-state index contributed by atoms with van der Waals surface area (Å²) in [5.74, 6) is 0. The lowest BCUT2D eigenvalue weighted by Gasteiger charge is -2.26. The molecule has 14 heavy (non-hydrogen) atoms. The van der Waals surface area contributed by atoms with Gasteiger partial charge in [0, 0.05) is 51.0 Å². The molecule has 2 heterocycles. The number of nitrogens with zero attached hydrogens (tertiary/aromatic N) is 2.